The van der Waals surface area contributed by atoms with Crippen LogP contribution in [0.3, 0.4) is 0 Å². The molecule has 33 heavy (non-hydrogen) atoms. The number of halogens is 1. The van der Waals surface area contributed by atoms with Gasteiger partial charge in [0, 0.05) is 46.7 Å². The van der Waals surface area contributed by atoms with Gasteiger partial charge in [-0.3, -0.25) is 9.59 Å². The molecule has 1 aromatic heterocycles. The average molecular weight is 513 g/mol. The standard InChI is InChI=1S/C26H33BrN4O2/c1-17-22(16-18-24-19(27)8-3-4-9-21(24)29-25(18)32)28-20-10-7-13-31(26(33)23(17)20)15-14-30-11-5-2-6-12-30/h3,8,16,21,28H,2,4-7,9-15H2,1H3,(H,29,32)/b18-16-. The van der Waals surface area contributed by atoms with Gasteiger partial charge < -0.3 is 20.1 Å². The number of allylic oxidation sites excluding steroid dienone is 3. The van der Waals surface area contributed by atoms with Crippen molar-refractivity contribution in [2.45, 2.75) is 57.9 Å². The third-order valence-corrected chi connectivity index (χ3v) is 8.17. The molecule has 2 N–H and O–H groups in total. The fourth-order valence-corrected chi connectivity index (χ4v) is 6.30. The highest BCUT2D eigenvalue weighted by Crippen LogP contribution is 2.35. The van der Waals surface area contributed by atoms with Crippen LogP contribution in [0, 0.1) is 6.92 Å². The van der Waals surface area contributed by atoms with E-state index in [0.29, 0.717) is 5.57 Å². The molecule has 7 heteroatoms. The van der Waals surface area contributed by atoms with Crippen LogP contribution in [0.5, 0.6) is 0 Å². The van der Waals surface area contributed by atoms with Crippen LogP contribution in [0.4, 0.5) is 0 Å². The first-order valence-electron chi connectivity index (χ1n) is 12.3. The number of nitrogens with zero attached hydrogens (tertiary/aromatic N) is 2. The molecule has 0 bridgehead atoms. The summed E-state index contributed by atoms with van der Waals surface area (Å²) in [6.45, 7) is 6.86. The Hall–Kier alpha value is -2.12. The monoisotopic (exact) mass is 512 g/mol. The Balaban J connectivity index is 1.41. The number of rotatable bonds is 4. The first-order valence-corrected chi connectivity index (χ1v) is 13.1. The number of aromatic amines is 1. The topological polar surface area (TPSA) is 68.4 Å². The Morgan fingerprint density at radius 3 is 2.76 bits per heavy atom. The summed E-state index contributed by atoms with van der Waals surface area (Å²) in [5.74, 6) is 0.0883. The largest absolute Gasteiger partial charge is 0.358 e. The molecule has 1 atom stereocenters. The molecule has 6 nitrogen and oxygen atoms in total. The molecule has 4 heterocycles. The van der Waals surface area contributed by atoms with Gasteiger partial charge in [0.05, 0.1) is 11.6 Å². The summed E-state index contributed by atoms with van der Waals surface area (Å²) in [4.78, 5) is 34.4. The third kappa shape index (κ3) is 4.50. The van der Waals surface area contributed by atoms with Crippen LogP contribution in [0.1, 0.15) is 65.8 Å². The average Bonchev–Trinajstić information content (AvgIpc) is 3.14. The number of H-pyrrole nitrogens is 1. The predicted molar refractivity (Wildman–Crippen MR) is 134 cm³/mol. The van der Waals surface area contributed by atoms with Gasteiger partial charge in [0.2, 0.25) is 0 Å². The van der Waals surface area contributed by atoms with E-state index >= 15 is 0 Å². The Bertz CT molecular complexity index is 1040. The fraction of sp³-hybridized carbons (Fsp3) is 0.538. The summed E-state index contributed by atoms with van der Waals surface area (Å²) >= 11 is 3.66. The van der Waals surface area contributed by atoms with Crippen molar-refractivity contribution in [1.29, 1.82) is 0 Å². The van der Waals surface area contributed by atoms with Crippen LogP contribution < -0.4 is 5.32 Å². The Morgan fingerprint density at radius 1 is 1.12 bits per heavy atom. The van der Waals surface area contributed by atoms with Gasteiger partial charge in [-0.15, -0.1) is 0 Å². The fourth-order valence-electron chi connectivity index (χ4n) is 5.62. The molecule has 176 valence electrons. The molecule has 3 aliphatic heterocycles. The summed E-state index contributed by atoms with van der Waals surface area (Å²) in [7, 11) is 0. The van der Waals surface area contributed by atoms with Crippen LogP contribution in [0.15, 0.2) is 27.8 Å². The van der Waals surface area contributed by atoms with E-state index in [1.54, 1.807) is 0 Å². The zero-order valence-electron chi connectivity index (χ0n) is 19.4. The lowest BCUT2D eigenvalue weighted by atomic mass is 9.99. The Kier molecular flexibility index (Phi) is 6.61. The molecule has 5 rings (SSSR count). The van der Waals surface area contributed by atoms with Crippen molar-refractivity contribution >= 4 is 33.8 Å². The maximum absolute atomic E-state index is 13.5. The Morgan fingerprint density at radius 2 is 1.94 bits per heavy atom. The van der Waals surface area contributed by atoms with Crippen LogP contribution in [-0.2, 0) is 11.2 Å². The quantitative estimate of drug-likeness (QED) is 0.597. The highest BCUT2D eigenvalue weighted by atomic mass is 79.9. The second-order valence-corrected chi connectivity index (χ2v) is 10.5. The molecule has 2 fully saturated rings. The molecule has 2 saturated heterocycles. The van der Waals surface area contributed by atoms with Crippen LogP contribution in [-0.4, -0.2) is 65.4 Å². The van der Waals surface area contributed by atoms with Crippen LogP contribution in [0.2, 0.25) is 0 Å². The minimum Gasteiger partial charge on any atom is -0.358 e. The Labute approximate surface area is 204 Å². The van der Waals surface area contributed by atoms with E-state index in [4.69, 9.17) is 0 Å². The number of nitrogens with one attached hydrogen (secondary N) is 2. The third-order valence-electron chi connectivity index (χ3n) is 7.48. The number of aromatic nitrogens is 1. The second kappa shape index (κ2) is 9.63. The molecule has 0 radical (unpaired) electrons. The van der Waals surface area contributed by atoms with Gasteiger partial charge in [0.15, 0.2) is 0 Å². The lowest BCUT2D eigenvalue weighted by Gasteiger charge is -2.29. The maximum atomic E-state index is 13.5. The molecule has 1 aliphatic carbocycles. The number of amides is 2. The molecule has 4 aliphatic rings. The molecule has 0 spiro atoms. The van der Waals surface area contributed by atoms with E-state index in [1.807, 2.05) is 24.0 Å². The number of fused-ring (bicyclic) bond motifs is 2. The van der Waals surface area contributed by atoms with Gasteiger partial charge in [-0.25, -0.2) is 0 Å². The predicted octanol–water partition coefficient (Wildman–Crippen LogP) is 4.08. The summed E-state index contributed by atoms with van der Waals surface area (Å²) in [6, 6.07) is 0.0353. The molecule has 1 aromatic rings. The van der Waals surface area contributed by atoms with Crippen molar-refractivity contribution in [3.8, 4) is 0 Å². The zero-order valence-corrected chi connectivity index (χ0v) is 21.0. The first kappa shape index (κ1) is 22.7. The number of hydrogen-bond acceptors (Lipinski definition) is 3. The van der Waals surface area contributed by atoms with E-state index in [1.165, 1.54) is 19.3 Å². The minimum absolute atomic E-state index is 0.0353. The van der Waals surface area contributed by atoms with E-state index in [0.717, 1.165) is 91.0 Å². The molecule has 0 aromatic carbocycles. The highest BCUT2D eigenvalue weighted by Gasteiger charge is 2.35. The lowest BCUT2D eigenvalue weighted by Crippen LogP contribution is -2.40. The van der Waals surface area contributed by atoms with Gasteiger partial charge in [0.1, 0.15) is 0 Å². The van der Waals surface area contributed by atoms with Gasteiger partial charge in [-0.2, -0.15) is 0 Å². The van der Waals surface area contributed by atoms with Crippen LogP contribution >= 0.6 is 15.9 Å². The number of carbonyl (C=O) groups excluding carboxylic acids is 2. The lowest BCUT2D eigenvalue weighted by molar-refractivity contribution is -0.116. The van der Waals surface area contributed by atoms with Crippen molar-refractivity contribution in [3.63, 3.8) is 0 Å². The van der Waals surface area contributed by atoms with Gasteiger partial charge in [0.25, 0.3) is 11.8 Å². The van der Waals surface area contributed by atoms with Crippen molar-refractivity contribution in [2.75, 3.05) is 32.7 Å². The molecular formula is C26H33BrN4O2. The van der Waals surface area contributed by atoms with E-state index < -0.39 is 0 Å². The summed E-state index contributed by atoms with van der Waals surface area (Å²) in [6.07, 6.45) is 13.6. The first-order chi connectivity index (χ1) is 16.0. The minimum atomic E-state index is -0.0408. The summed E-state index contributed by atoms with van der Waals surface area (Å²) in [5.41, 5.74) is 5.35. The van der Waals surface area contributed by atoms with Gasteiger partial charge in [-0.1, -0.05) is 34.5 Å². The smallest absolute Gasteiger partial charge is 0.256 e. The SMILES string of the molecule is Cc1c(/C=C2\C(=O)NC3CCC=CC(Br)=C23)[nH]c2c1C(=O)N(CCN1CCCCC1)CCC2. The van der Waals surface area contributed by atoms with Crippen LogP contribution in [0.25, 0.3) is 6.08 Å². The van der Waals surface area contributed by atoms with Gasteiger partial charge in [-0.05, 0) is 70.2 Å². The summed E-state index contributed by atoms with van der Waals surface area (Å²) in [5, 5.41) is 3.12. The van der Waals surface area contributed by atoms with Crippen molar-refractivity contribution in [2.24, 2.45) is 0 Å². The maximum Gasteiger partial charge on any atom is 0.256 e. The van der Waals surface area contributed by atoms with E-state index in [-0.39, 0.29) is 17.9 Å². The molecule has 0 saturated carbocycles. The van der Waals surface area contributed by atoms with E-state index in [2.05, 4.69) is 37.2 Å². The second-order valence-electron chi connectivity index (χ2n) is 9.64. The molecule has 2 amide bonds. The normalized spacial score (nSPS) is 25.2. The number of aryl methyl sites for hydroxylation is 1. The van der Waals surface area contributed by atoms with E-state index in [9.17, 15) is 9.59 Å². The van der Waals surface area contributed by atoms with Gasteiger partial charge >= 0.3 is 0 Å². The highest BCUT2D eigenvalue weighted by molar-refractivity contribution is 9.11. The number of piperidine rings is 1. The molecular weight excluding hydrogens is 480 g/mol. The molecule has 1 unspecified atom stereocenters. The van der Waals surface area contributed by atoms with Crippen molar-refractivity contribution < 1.29 is 9.59 Å². The van der Waals surface area contributed by atoms with Crippen molar-refractivity contribution in [3.05, 3.63) is 50.3 Å². The number of hydrogen-bond donors (Lipinski definition) is 2. The number of carbonyl (C=O) groups is 2. The summed E-state index contributed by atoms with van der Waals surface area (Å²) < 4.78 is 0.959. The van der Waals surface area contributed by atoms with Crippen molar-refractivity contribution in [1.82, 2.24) is 20.1 Å². The zero-order chi connectivity index (χ0) is 22.9. The number of likely N-dealkylation sites (tertiary alicyclic amines) is 1.